The molecule has 0 atom stereocenters. The van der Waals surface area contributed by atoms with E-state index in [1.165, 1.54) is 10.9 Å². The van der Waals surface area contributed by atoms with Crippen molar-refractivity contribution in [1.82, 2.24) is 25.0 Å². The van der Waals surface area contributed by atoms with E-state index in [0.29, 0.717) is 29.8 Å². The number of aromatic amines is 2. The molecule has 108 valence electrons. The first kappa shape index (κ1) is 13.1. The normalized spacial score (nSPS) is 10.9. The van der Waals surface area contributed by atoms with Crippen LogP contribution in [0.4, 0.5) is 5.69 Å². The minimum Gasteiger partial charge on any atom is -0.329 e. The van der Waals surface area contributed by atoms with Crippen LogP contribution < -0.4 is 16.7 Å². The average Bonchev–Trinajstić information content (AvgIpc) is 3.04. The lowest BCUT2D eigenvalue weighted by Crippen LogP contribution is -2.12. The predicted molar refractivity (Wildman–Crippen MR) is 75.9 cm³/mol. The van der Waals surface area contributed by atoms with Gasteiger partial charge in [0.15, 0.2) is 5.69 Å². The molecule has 21 heavy (non-hydrogen) atoms. The van der Waals surface area contributed by atoms with Gasteiger partial charge >= 0.3 is 5.69 Å². The molecule has 0 bridgehead atoms. The van der Waals surface area contributed by atoms with Crippen molar-refractivity contribution in [2.75, 3.05) is 11.9 Å². The van der Waals surface area contributed by atoms with E-state index in [2.05, 4.69) is 25.6 Å². The number of anilines is 1. The summed E-state index contributed by atoms with van der Waals surface area (Å²) < 4.78 is 1.50. The Morgan fingerprint density at radius 2 is 2.14 bits per heavy atom. The Kier molecular flexibility index (Phi) is 3.24. The second kappa shape index (κ2) is 5.21. The first-order valence-corrected chi connectivity index (χ1v) is 6.29. The number of hydrogen-bond acceptors (Lipinski definition) is 5. The van der Waals surface area contributed by atoms with Crippen LogP contribution in [0, 0.1) is 0 Å². The minimum absolute atomic E-state index is 0.200. The summed E-state index contributed by atoms with van der Waals surface area (Å²) in [5, 5.41) is 10.3. The highest BCUT2D eigenvalue weighted by Crippen LogP contribution is 2.15. The molecule has 3 rings (SSSR count). The monoisotopic (exact) mass is 287 g/mol. The fourth-order valence-electron chi connectivity index (χ4n) is 1.95. The molecule has 5 N–H and O–H groups in total. The van der Waals surface area contributed by atoms with E-state index in [0.717, 1.165) is 0 Å². The summed E-state index contributed by atoms with van der Waals surface area (Å²) in [7, 11) is 0. The molecular weight excluding hydrogens is 274 g/mol. The third-order valence-corrected chi connectivity index (χ3v) is 2.90. The number of nitrogens with two attached hydrogens (primary N) is 1. The van der Waals surface area contributed by atoms with Gasteiger partial charge < -0.3 is 21.0 Å². The summed E-state index contributed by atoms with van der Waals surface area (Å²) in [5.74, 6) is -0.379. The Morgan fingerprint density at radius 3 is 2.95 bits per heavy atom. The molecule has 9 nitrogen and oxygen atoms in total. The maximum absolute atomic E-state index is 12.0. The van der Waals surface area contributed by atoms with Gasteiger partial charge in [-0.3, -0.25) is 9.48 Å². The summed E-state index contributed by atoms with van der Waals surface area (Å²) >= 11 is 0. The number of carbonyl (C=O) groups is 1. The SMILES string of the molecule is NCCn1cc(C(=O)Nc2ccc3[nH]c(=O)[nH]c3c2)nn1. The molecule has 3 aromatic rings. The molecule has 9 heteroatoms. The molecule has 2 heterocycles. The van der Waals surface area contributed by atoms with Crippen molar-refractivity contribution in [3.8, 4) is 0 Å². The fourth-order valence-corrected chi connectivity index (χ4v) is 1.95. The van der Waals surface area contributed by atoms with Crippen LogP contribution in [0.1, 0.15) is 10.5 Å². The van der Waals surface area contributed by atoms with Crippen LogP contribution in [0.15, 0.2) is 29.2 Å². The largest absolute Gasteiger partial charge is 0.329 e. The average molecular weight is 287 g/mol. The minimum atomic E-state index is -0.379. The van der Waals surface area contributed by atoms with Gasteiger partial charge in [0.25, 0.3) is 5.91 Å². The third-order valence-electron chi connectivity index (χ3n) is 2.90. The molecule has 1 aromatic carbocycles. The van der Waals surface area contributed by atoms with Crippen molar-refractivity contribution >= 4 is 22.6 Å². The van der Waals surface area contributed by atoms with Gasteiger partial charge in [0.05, 0.1) is 23.8 Å². The van der Waals surface area contributed by atoms with E-state index in [1.807, 2.05) is 0 Å². The first-order chi connectivity index (χ1) is 10.2. The van der Waals surface area contributed by atoms with Crippen LogP contribution >= 0.6 is 0 Å². The van der Waals surface area contributed by atoms with E-state index >= 15 is 0 Å². The van der Waals surface area contributed by atoms with Gasteiger partial charge in [-0.1, -0.05) is 5.21 Å². The highest BCUT2D eigenvalue weighted by atomic mass is 16.2. The number of aromatic nitrogens is 5. The topological polar surface area (TPSA) is 134 Å². The Bertz CT molecular complexity index is 845. The van der Waals surface area contributed by atoms with Crippen molar-refractivity contribution in [2.24, 2.45) is 5.73 Å². The fraction of sp³-hybridized carbons (Fsp3) is 0.167. The smallest absolute Gasteiger partial charge is 0.323 e. The zero-order chi connectivity index (χ0) is 14.8. The van der Waals surface area contributed by atoms with E-state index in [4.69, 9.17) is 5.73 Å². The van der Waals surface area contributed by atoms with Gasteiger partial charge in [-0.2, -0.15) is 0 Å². The van der Waals surface area contributed by atoms with Crippen molar-refractivity contribution in [1.29, 1.82) is 0 Å². The van der Waals surface area contributed by atoms with Gasteiger partial charge in [0.2, 0.25) is 0 Å². The Hall–Kier alpha value is -2.94. The zero-order valence-corrected chi connectivity index (χ0v) is 11.0. The lowest BCUT2D eigenvalue weighted by atomic mass is 10.2. The van der Waals surface area contributed by atoms with Crippen LogP contribution in [0.5, 0.6) is 0 Å². The van der Waals surface area contributed by atoms with Crippen molar-refractivity contribution in [3.63, 3.8) is 0 Å². The first-order valence-electron chi connectivity index (χ1n) is 6.29. The molecule has 0 fully saturated rings. The molecule has 0 saturated carbocycles. The molecule has 0 aliphatic carbocycles. The van der Waals surface area contributed by atoms with Crippen LogP contribution in [-0.4, -0.2) is 37.4 Å². The lowest BCUT2D eigenvalue weighted by Gasteiger charge is -2.02. The summed E-state index contributed by atoms with van der Waals surface area (Å²) in [6.45, 7) is 0.915. The van der Waals surface area contributed by atoms with Gasteiger partial charge in [0.1, 0.15) is 0 Å². The number of nitrogens with one attached hydrogen (secondary N) is 3. The summed E-state index contributed by atoms with van der Waals surface area (Å²) in [4.78, 5) is 28.5. The Morgan fingerprint density at radius 1 is 1.33 bits per heavy atom. The second-order valence-corrected chi connectivity index (χ2v) is 4.45. The van der Waals surface area contributed by atoms with Crippen LogP contribution in [0.2, 0.25) is 0 Å². The number of hydrogen-bond donors (Lipinski definition) is 4. The molecular formula is C12H13N7O2. The second-order valence-electron chi connectivity index (χ2n) is 4.45. The van der Waals surface area contributed by atoms with Gasteiger partial charge in [-0.15, -0.1) is 5.10 Å². The van der Waals surface area contributed by atoms with Crippen LogP contribution in [0.3, 0.4) is 0 Å². The molecule has 0 aliphatic rings. The highest BCUT2D eigenvalue weighted by Gasteiger charge is 2.11. The van der Waals surface area contributed by atoms with Crippen molar-refractivity contribution < 1.29 is 4.79 Å². The molecule has 0 saturated heterocycles. The number of fused-ring (bicyclic) bond motifs is 1. The quantitative estimate of drug-likeness (QED) is 0.520. The van der Waals surface area contributed by atoms with E-state index in [-0.39, 0.29) is 17.3 Å². The Balaban J connectivity index is 1.79. The number of imidazole rings is 1. The maximum Gasteiger partial charge on any atom is 0.323 e. The van der Waals surface area contributed by atoms with Crippen molar-refractivity contribution in [2.45, 2.75) is 6.54 Å². The standard InChI is InChI=1S/C12H13N7O2/c13-3-4-19-6-10(17-18-19)11(20)14-7-1-2-8-9(5-7)16-12(21)15-8/h1-2,5-6H,3-4,13H2,(H,14,20)(H2,15,16,21). The van der Waals surface area contributed by atoms with E-state index in [1.54, 1.807) is 18.2 Å². The zero-order valence-electron chi connectivity index (χ0n) is 11.0. The number of carbonyl (C=O) groups excluding carboxylic acids is 1. The molecule has 0 radical (unpaired) electrons. The molecule has 0 unspecified atom stereocenters. The number of rotatable bonds is 4. The number of H-pyrrole nitrogens is 2. The summed E-state index contributed by atoms with van der Waals surface area (Å²) in [6.07, 6.45) is 1.53. The number of benzene rings is 1. The third kappa shape index (κ3) is 2.67. The highest BCUT2D eigenvalue weighted by molar-refractivity contribution is 6.03. The van der Waals surface area contributed by atoms with Crippen LogP contribution in [-0.2, 0) is 6.54 Å². The van der Waals surface area contributed by atoms with Crippen molar-refractivity contribution in [3.05, 3.63) is 40.6 Å². The summed E-state index contributed by atoms with van der Waals surface area (Å²) in [5.41, 5.74) is 7.15. The van der Waals surface area contributed by atoms with Gasteiger partial charge in [-0.25, -0.2) is 4.79 Å². The molecule has 1 amide bonds. The molecule has 0 spiro atoms. The van der Waals surface area contributed by atoms with Crippen LogP contribution in [0.25, 0.3) is 11.0 Å². The van der Waals surface area contributed by atoms with Gasteiger partial charge in [0, 0.05) is 12.2 Å². The van der Waals surface area contributed by atoms with E-state index in [9.17, 15) is 9.59 Å². The maximum atomic E-state index is 12.0. The predicted octanol–water partition coefficient (Wildman–Crippen LogP) is -0.341. The van der Waals surface area contributed by atoms with E-state index < -0.39 is 0 Å². The number of amides is 1. The lowest BCUT2D eigenvalue weighted by molar-refractivity contribution is 0.102. The molecule has 0 aliphatic heterocycles. The molecule has 2 aromatic heterocycles. The summed E-state index contributed by atoms with van der Waals surface area (Å²) in [6, 6.07) is 5.05. The van der Waals surface area contributed by atoms with Gasteiger partial charge in [-0.05, 0) is 18.2 Å². The Labute approximate surface area is 118 Å². The number of nitrogens with zero attached hydrogens (tertiary/aromatic N) is 3.